The normalized spacial score (nSPS) is 16.9. The van der Waals surface area contributed by atoms with E-state index in [1.54, 1.807) is 43.3 Å². The van der Waals surface area contributed by atoms with Crippen LogP contribution in [0.2, 0.25) is 10.0 Å². The minimum absolute atomic E-state index is 0.0588. The zero-order chi connectivity index (χ0) is 18.8. The summed E-state index contributed by atoms with van der Waals surface area (Å²) in [6.07, 6.45) is -0.0588. The number of amides is 3. The van der Waals surface area contributed by atoms with Gasteiger partial charge in [0.2, 0.25) is 5.91 Å². The third-order valence-electron chi connectivity index (χ3n) is 3.99. The van der Waals surface area contributed by atoms with Gasteiger partial charge in [-0.05, 0) is 48.9 Å². The number of hydrogen-bond acceptors (Lipinski definition) is 4. The molecule has 134 valence electrons. The van der Waals surface area contributed by atoms with Gasteiger partial charge in [-0.2, -0.15) is 0 Å². The summed E-state index contributed by atoms with van der Waals surface area (Å²) in [5.41, 5.74) is 6.61. The Morgan fingerprint density at radius 1 is 1.12 bits per heavy atom. The van der Waals surface area contributed by atoms with Crippen molar-refractivity contribution in [2.45, 2.75) is 19.4 Å². The number of halogens is 2. The van der Waals surface area contributed by atoms with E-state index in [9.17, 15) is 14.4 Å². The van der Waals surface area contributed by atoms with E-state index in [1.165, 1.54) is 6.07 Å². The molecule has 1 fully saturated rings. The molecule has 2 aromatic rings. The van der Waals surface area contributed by atoms with Gasteiger partial charge in [-0.25, -0.2) is 10.3 Å². The van der Waals surface area contributed by atoms with E-state index in [4.69, 9.17) is 23.2 Å². The highest BCUT2D eigenvalue weighted by Gasteiger charge is 2.40. The lowest BCUT2D eigenvalue weighted by atomic mass is 10.2. The minimum Gasteiger partial charge on any atom is -0.287 e. The Morgan fingerprint density at radius 3 is 2.54 bits per heavy atom. The molecule has 3 rings (SSSR count). The summed E-state index contributed by atoms with van der Waals surface area (Å²) in [7, 11) is 0. The molecule has 26 heavy (non-hydrogen) atoms. The molecule has 0 bridgehead atoms. The summed E-state index contributed by atoms with van der Waals surface area (Å²) < 4.78 is 0. The monoisotopic (exact) mass is 391 g/mol. The van der Waals surface area contributed by atoms with Crippen molar-refractivity contribution in [2.24, 2.45) is 0 Å². The number of carbonyl (C=O) groups is 3. The van der Waals surface area contributed by atoms with E-state index in [-0.39, 0.29) is 12.3 Å². The number of nitrogens with zero attached hydrogens (tertiary/aromatic N) is 1. The average molecular weight is 392 g/mol. The number of nitrogens with one attached hydrogen (secondary N) is 2. The van der Waals surface area contributed by atoms with Crippen LogP contribution in [-0.4, -0.2) is 23.8 Å². The Balaban J connectivity index is 1.70. The predicted molar refractivity (Wildman–Crippen MR) is 99.1 cm³/mol. The van der Waals surface area contributed by atoms with Gasteiger partial charge in [-0.1, -0.05) is 29.3 Å². The SMILES string of the molecule is Cc1cc(Cl)ccc1N1C(=O)CC(NNC(=O)c2cccc(Cl)c2)C1=O. The Hall–Kier alpha value is -2.41. The molecule has 1 heterocycles. The molecule has 1 unspecified atom stereocenters. The molecule has 8 heteroatoms. The number of benzene rings is 2. The first kappa shape index (κ1) is 18.4. The zero-order valence-electron chi connectivity index (χ0n) is 13.8. The summed E-state index contributed by atoms with van der Waals surface area (Å²) in [6, 6.07) is 10.5. The molecule has 1 saturated heterocycles. The van der Waals surface area contributed by atoms with Crippen molar-refractivity contribution < 1.29 is 14.4 Å². The minimum atomic E-state index is -0.847. The summed E-state index contributed by atoms with van der Waals surface area (Å²) in [6.45, 7) is 1.77. The maximum absolute atomic E-state index is 12.6. The Morgan fingerprint density at radius 2 is 1.85 bits per heavy atom. The van der Waals surface area contributed by atoms with Gasteiger partial charge >= 0.3 is 0 Å². The standard InChI is InChI=1S/C18H15Cl2N3O3/c1-10-7-13(20)5-6-15(10)23-16(24)9-14(18(23)26)21-22-17(25)11-3-2-4-12(19)8-11/h2-8,14,21H,9H2,1H3,(H,22,25). The van der Waals surface area contributed by atoms with Gasteiger partial charge in [-0.15, -0.1) is 0 Å². The number of anilines is 1. The number of carbonyl (C=O) groups excluding carboxylic acids is 3. The topological polar surface area (TPSA) is 78.5 Å². The molecule has 0 saturated carbocycles. The van der Waals surface area contributed by atoms with Crippen LogP contribution >= 0.6 is 23.2 Å². The van der Waals surface area contributed by atoms with E-state index in [0.29, 0.717) is 26.9 Å². The quantitative estimate of drug-likeness (QED) is 0.620. The van der Waals surface area contributed by atoms with Crippen LogP contribution < -0.4 is 15.8 Å². The van der Waals surface area contributed by atoms with Gasteiger partial charge in [0.25, 0.3) is 11.8 Å². The van der Waals surface area contributed by atoms with Gasteiger partial charge in [0.05, 0.1) is 12.1 Å². The Labute approximate surface area is 160 Å². The van der Waals surface area contributed by atoms with Gasteiger partial charge in [0.15, 0.2) is 0 Å². The summed E-state index contributed by atoms with van der Waals surface area (Å²) in [5, 5.41) is 0.947. The van der Waals surface area contributed by atoms with Gasteiger partial charge < -0.3 is 0 Å². The molecular weight excluding hydrogens is 377 g/mol. The van der Waals surface area contributed by atoms with Crippen molar-refractivity contribution in [1.29, 1.82) is 0 Å². The number of rotatable bonds is 4. The van der Waals surface area contributed by atoms with E-state index in [0.717, 1.165) is 4.90 Å². The van der Waals surface area contributed by atoms with Crippen molar-refractivity contribution in [3.05, 3.63) is 63.6 Å². The van der Waals surface area contributed by atoms with Crippen LogP contribution in [0.4, 0.5) is 5.69 Å². The second-order valence-electron chi connectivity index (χ2n) is 5.86. The second-order valence-corrected chi connectivity index (χ2v) is 6.74. The van der Waals surface area contributed by atoms with Gasteiger partial charge in [-0.3, -0.25) is 19.8 Å². The number of imide groups is 1. The van der Waals surface area contributed by atoms with Gasteiger partial charge in [0, 0.05) is 15.6 Å². The second kappa shape index (κ2) is 7.45. The molecule has 0 aromatic heterocycles. The van der Waals surface area contributed by atoms with Crippen molar-refractivity contribution in [3.63, 3.8) is 0 Å². The zero-order valence-corrected chi connectivity index (χ0v) is 15.3. The molecule has 0 aliphatic carbocycles. The lowest BCUT2D eigenvalue weighted by Crippen LogP contribution is -2.48. The van der Waals surface area contributed by atoms with Crippen LogP contribution in [0.15, 0.2) is 42.5 Å². The fraction of sp³-hybridized carbons (Fsp3) is 0.167. The first-order valence-corrected chi connectivity index (χ1v) is 8.57. The van der Waals surface area contributed by atoms with Crippen molar-refractivity contribution >= 4 is 46.6 Å². The van der Waals surface area contributed by atoms with E-state index < -0.39 is 17.9 Å². The summed E-state index contributed by atoms with van der Waals surface area (Å²) in [5.74, 6) is -1.24. The van der Waals surface area contributed by atoms with Crippen LogP contribution in [0.25, 0.3) is 0 Å². The lowest BCUT2D eigenvalue weighted by Gasteiger charge is -2.18. The maximum Gasteiger partial charge on any atom is 0.265 e. The summed E-state index contributed by atoms with van der Waals surface area (Å²) >= 11 is 11.8. The first-order valence-electron chi connectivity index (χ1n) is 7.81. The van der Waals surface area contributed by atoms with Crippen LogP contribution in [0.1, 0.15) is 22.3 Å². The van der Waals surface area contributed by atoms with Crippen molar-refractivity contribution in [3.8, 4) is 0 Å². The molecule has 1 atom stereocenters. The highest BCUT2D eigenvalue weighted by atomic mass is 35.5. The van der Waals surface area contributed by atoms with Crippen LogP contribution in [-0.2, 0) is 9.59 Å². The molecule has 3 amide bonds. The smallest absolute Gasteiger partial charge is 0.265 e. The highest BCUT2D eigenvalue weighted by molar-refractivity contribution is 6.31. The molecule has 0 radical (unpaired) electrons. The van der Waals surface area contributed by atoms with Gasteiger partial charge in [0.1, 0.15) is 6.04 Å². The predicted octanol–water partition coefficient (Wildman–Crippen LogP) is 2.87. The molecule has 2 aromatic carbocycles. The Bertz CT molecular complexity index is 901. The van der Waals surface area contributed by atoms with E-state index >= 15 is 0 Å². The Kier molecular flexibility index (Phi) is 5.27. The third kappa shape index (κ3) is 3.72. The molecule has 1 aliphatic rings. The van der Waals surface area contributed by atoms with Crippen LogP contribution in [0.5, 0.6) is 0 Å². The molecule has 1 aliphatic heterocycles. The number of hydrogen-bond donors (Lipinski definition) is 2. The van der Waals surface area contributed by atoms with E-state index in [1.807, 2.05) is 0 Å². The maximum atomic E-state index is 12.6. The van der Waals surface area contributed by atoms with Crippen LogP contribution in [0.3, 0.4) is 0 Å². The fourth-order valence-corrected chi connectivity index (χ4v) is 3.14. The first-order chi connectivity index (χ1) is 12.4. The average Bonchev–Trinajstić information content (AvgIpc) is 2.87. The number of hydrazine groups is 1. The van der Waals surface area contributed by atoms with Crippen LogP contribution in [0, 0.1) is 6.92 Å². The summed E-state index contributed by atoms with van der Waals surface area (Å²) in [4.78, 5) is 38.1. The lowest BCUT2D eigenvalue weighted by molar-refractivity contribution is -0.121. The van der Waals surface area contributed by atoms with Crippen molar-refractivity contribution in [2.75, 3.05) is 4.90 Å². The largest absolute Gasteiger partial charge is 0.287 e. The molecule has 0 spiro atoms. The molecule has 2 N–H and O–H groups in total. The third-order valence-corrected chi connectivity index (χ3v) is 4.46. The van der Waals surface area contributed by atoms with E-state index in [2.05, 4.69) is 10.9 Å². The highest BCUT2D eigenvalue weighted by Crippen LogP contribution is 2.28. The number of aryl methyl sites for hydroxylation is 1. The molecule has 6 nitrogen and oxygen atoms in total. The van der Waals surface area contributed by atoms with Crippen molar-refractivity contribution in [1.82, 2.24) is 10.9 Å². The molecular formula is C18H15Cl2N3O3. The fourth-order valence-electron chi connectivity index (χ4n) is 2.72.